The molecule has 1 aliphatic carbocycles. The van der Waals surface area contributed by atoms with E-state index in [-0.39, 0.29) is 0 Å². The molecule has 0 amide bonds. The van der Waals surface area contributed by atoms with Crippen LogP contribution >= 0.6 is 0 Å². The lowest BCUT2D eigenvalue weighted by molar-refractivity contribution is -0.138. The molecule has 1 aromatic rings. The maximum absolute atomic E-state index is 13.0. The summed E-state index contributed by atoms with van der Waals surface area (Å²) in [4.78, 5) is 0. The van der Waals surface area contributed by atoms with Crippen molar-refractivity contribution >= 4 is 0 Å². The van der Waals surface area contributed by atoms with E-state index in [0.717, 1.165) is 25.7 Å². The van der Waals surface area contributed by atoms with Gasteiger partial charge in [-0.05, 0) is 30.9 Å². The lowest BCUT2D eigenvalue weighted by Crippen LogP contribution is -2.15. The van der Waals surface area contributed by atoms with E-state index in [0.29, 0.717) is 23.5 Å². The SMILES string of the molecule is Cc1ccc(CC2CCCCC2)c(C(F)(F)F)c1. The van der Waals surface area contributed by atoms with Crippen LogP contribution in [-0.2, 0) is 12.6 Å². The van der Waals surface area contributed by atoms with Gasteiger partial charge in [-0.3, -0.25) is 0 Å². The van der Waals surface area contributed by atoms with Crippen molar-refractivity contribution in [3.8, 4) is 0 Å². The third-order valence-electron chi connectivity index (χ3n) is 3.80. The van der Waals surface area contributed by atoms with E-state index >= 15 is 0 Å². The predicted molar refractivity (Wildman–Crippen MR) is 66.5 cm³/mol. The molecule has 0 spiro atoms. The summed E-state index contributed by atoms with van der Waals surface area (Å²) >= 11 is 0. The van der Waals surface area contributed by atoms with Gasteiger partial charge in [-0.1, -0.05) is 49.8 Å². The fourth-order valence-corrected chi connectivity index (χ4v) is 2.83. The quantitative estimate of drug-likeness (QED) is 0.687. The fraction of sp³-hybridized carbons (Fsp3) is 0.600. The third-order valence-corrected chi connectivity index (χ3v) is 3.80. The van der Waals surface area contributed by atoms with Crippen molar-refractivity contribution in [2.45, 2.75) is 51.6 Å². The number of alkyl halides is 3. The van der Waals surface area contributed by atoms with Crippen molar-refractivity contribution in [3.63, 3.8) is 0 Å². The minimum absolute atomic E-state index is 0.433. The van der Waals surface area contributed by atoms with E-state index in [2.05, 4.69) is 0 Å². The molecular weight excluding hydrogens is 237 g/mol. The summed E-state index contributed by atoms with van der Waals surface area (Å²) in [5.74, 6) is 0.433. The normalized spacial score (nSPS) is 18.0. The summed E-state index contributed by atoms with van der Waals surface area (Å²) in [7, 11) is 0. The number of aryl methyl sites for hydroxylation is 1. The van der Waals surface area contributed by atoms with Gasteiger partial charge in [0.15, 0.2) is 0 Å². The Morgan fingerprint density at radius 2 is 1.78 bits per heavy atom. The van der Waals surface area contributed by atoms with Crippen LogP contribution in [0, 0.1) is 12.8 Å². The fourth-order valence-electron chi connectivity index (χ4n) is 2.83. The van der Waals surface area contributed by atoms with Crippen molar-refractivity contribution < 1.29 is 13.2 Å². The highest BCUT2D eigenvalue weighted by Crippen LogP contribution is 2.35. The molecule has 0 N–H and O–H groups in total. The van der Waals surface area contributed by atoms with Crippen LogP contribution in [-0.4, -0.2) is 0 Å². The number of halogens is 3. The van der Waals surface area contributed by atoms with E-state index in [1.807, 2.05) is 0 Å². The van der Waals surface area contributed by atoms with Crippen molar-refractivity contribution in [2.24, 2.45) is 5.92 Å². The standard InChI is InChI=1S/C15H19F3/c1-11-7-8-13(14(9-11)15(16,17)18)10-12-5-3-2-4-6-12/h7-9,12H,2-6,10H2,1H3. The molecule has 1 aromatic carbocycles. The van der Waals surface area contributed by atoms with Gasteiger partial charge in [-0.15, -0.1) is 0 Å². The Balaban J connectivity index is 2.21. The predicted octanol–water partition coefficient (Wildman–Crippen LogP) is 5.14. The molecule has 1 fully saturated rings. The smallest absolute Gasteiger partial charge is 0.166 e. The van der Waals surface area contributed by atoms with E-state index in [1.54, 1.807) is 19.1 Å². The molecule has 0 saturated heterocycles. The molecule has 0 heterocycles. The zero-order valence-electron chi connectivity index (χ0n) is 10.7. The first-order chi connectivity index (χ1) is 8.47. The van der Waals surface area contributed by atoms with Crippen LogP contribution in [0.2, 0.25) is 0 Å². The molecule has 0 bridgehead atoms. The van der Waals surface area contributed by atoms with Crippen molar-refractivity contribution in [2.75, 3.05) is 0 Å². The van der Waals surface area contributed by atoms with E-state index < -0.39 is 11.7 Å². The average molecular weight is 256 g/mol. The second-order valence-electron chi connectivity index (χ2n) is 5.37. The highest BCUT2D eigenvalue weighted by molar-refractivity contribution is 5.34. The van der Waals surface area contributed by atoms with Gasteiger partial charge in [0.2, 0.25) is 0 Å². The number of hydrogen-bond acceptors (Lipinski definition) is 0. The molecule has 0 aliphatic heterocycles. The summed E-state index contributed by atoms with van der Waals surface area (Å²) in [6, 6.07) is 4.72. The molecule has 0 aromatic heterocycles. The van der Waals surface area contributed by atoms with Gasteiger partial charge >= 0.3 is 6.18 Å². The number of benzene rings is 1. The highest BCUT2D eigenvalue weighted by atomic mass is 19.4. The molecule has 2 rings (SSSR count). The van der Waals surface area contributed by atoms with Crippen LogP contribution in [0.25, 0.3) is 0 Å². The van der Waals surface area contributed by atoms with E-state index in [4.69, 9.17) is 0 Å². The zero-order chi connectivity index (χ0) is 13.2. The van der Waals surface area contributed by atoms with Crippen LogP contribution in [0.5, 0.6) is 0 Å². The van der Waals surface area contributed by atoms with Crippen LogP contribution in [0.15, 0.2) is 18.2 Å². The maximum Gasteiger partial charge on any atom is 0.416 e. The molecule has 0 nitrogen and oxygen atoms in total. The maximum atomic E-state index is 13.0. The van der Waals surface area contributed by atoms with Crippen molar-refractivity contribution in [1.29, 1.82) is 0 Å². The molecule has 0 atom stereocenters. The van der Waals surface area contributed by atoms with Gasteiger partial charge in [-0.2, -0.15) is 13.2 Å². The van der Waals surface area contributed by atoms with Gasteiger partial charge in [0, 0.05) is 0 Å². The van der Waals surface area contributed by atoms with Crippen LogP contribution in [0.3, 0.4) is 0 Å². The Labute approximate surface area is 106 Å². The Kier molecular flexibility index (Phi) is 3.98. The Hall–Kier alpha value is -0.990. The summed E-state index contributed by atoms with van der Waals surface area (Å²) in [6.45, 7) is 1.71. The van der Waals surface area contributed by atoms with E-state index in [9.17, 15) is 13.2 Å². The minimum Gasteiger partial charge on any atom is -0.166 e. The number of hydrogen-bond donors (Lipinski definition) is 0. The zero-order valence-corrected chi connectivity index (χ0v) is 10.7. The average Bonchev–Trinajstić information content (AvgIpc) is 2.31. The second kappa shape index (κ2) is 5.33. The molecular formula is C15H19F3. The van der Waals surface area contributed by atoms with Gasteiger partial charge in [0.1, 0.15) is 0 Å². The van der Waals surface area contributed by atoms with Crippen LogP contribution in [0.1, 0.15) is 48.8 Å². The Bertz CT molecular complexity index is 401. The van der Waals surface area contributed by atoms with Crippen molar-refractivity contribution in [1.82, 2.24) is 0 Å². The molecule has 18 heavy (non-hydrogen) atoms. The first-order valence-corrected chi connectivity index (χ1v) is 6.63. The van der Waals surface area contributed by atoms with Gasteiger partial charge in [0.25, 0.3) is 0 Å². The lowest BCUT2D eigenvalue weighted by atomic mass is 9.83. The summed E-state index contributed by atoms with van der Waals surface area (Å²) in [5, 5.41) is 0. The minimum atomic E-state index is -4.23. The van der Waals surface area contributed by atoms with Crippen LogP contribution in [0.4, 0.5) is 13.2 Å². The molecule has 3 heteroatoms. The van der Waals surface area contributed by atoms with Gasteiger partial charge in [-0.25, -0.2) is 0 Å². The topological polar surface area (TPSA) is 0 Å². The molecule has 100 valence electrons. The third kappa shape index (κ3) is 3.27. The lowest BCUT2D eigenvalue weighted by Gasteiger charge is -2.23. The number of rotatable bonds is 2. The first-order valence-electron chi connectivity index (χ1n) is 6.63. The van der Waals surface area contributed by atoms with Gasteiger partial charge in [0.05, 0.1) is 5.56 Å². The molecule has 0 unspecified atom stereocenters. The molecule has 1 saturated carbocycles. The first kappa shape index (κ1) is 13.4. The summed E-state index contributed by atoms with van der Waals surface area (Å²) in [5.41, 5.74) is 0.711. The molecule has 1 aliphatic rings. The highest BCUT2D eigenvalue weighted by Gasteiger charge is 2.33. The second-order valence-corrected chi connectivity index (χ2v) is 5.37. The van der Waals surface area contributed by atoms with E-state index in [1.165, 1.54) is 12.5 Å². The Morgan fingerprint density at radius 1 is 1.11 bits per heavy atom. The Morgan fingerprint density at radius 3 is 2.39 bits per heavy atom. The van der Waals surface area contributed by atoms with Gasteiger partial charge < -0.3 is 0 Å². The molecule has 0 radical (unpaired) electrons. The summed E-state index contributed by atoms with van der Waals surface area (Å²) in [6.07, 6.45) is 2.06. The van der Waals surface area contributed by atoms with Crippen molar-refractivity contribution in [3.05, 3.63) is 34.9 Å². The van der Waals surface area contributed by atoms with Crippen LogP contribution < -0.4 is 0 Å². The monoisotopic (exact) mass is 256 g/mol. The largest absolute Gasteiger partial charge is 0.416 e. The summed E-state index contributed by atoms with van der Waals surface area (Å²) < 4.78 is 38.9.